The molecule has 0 bridgehead atoms. The van der Waals surface area contributed by atoms with Gasteiger partial charge in [0.05, 0.1) is 18.2 Å². The van der Waals surface area contributed by atoms with Crippen LogP contribution < -0.4 is 14.2 Å². The summed E-state index contributed by atoms with van der Waals surface area (Å²) in [5.41, 5.74) is 4.46. The molecule has 0 N–H and O–H groups in total. The van der Waals surface area contributed by atoms with Crippen LogP contribution in [0.4, 0.5) is 0 Å². The lowest BCUT2D eigenvalue weighted by atomic mass is 9.98. The first-order valence-electron chi connectivity index (χ1n) is 11.7. The van der Waals surface area contributed by atoms with Crippen LogP contribution in [0.1, 0.15) is 38.8 Å². The van der Waals surface area contributed by atoms with Gasteiger partial charge in [-0.05, 0) is 61.2 Å². The molecule has 0 saturated carbocycles. The van der Waals surface area contributed by atoms with Crippen LogP contribution >= 0.6 is 11.3 Å². The fourth-order valence-corrected chi connectivity index (χ4v) is 5.70. The Bertz CT molecular complexity index is 1480. The van der Waals surface area contributed by atoms with Crippen molar-refractivity contribution in [3.63, 3.8) is 0 Å². The van der Waals surface area contributed by atoms with Gasteiger partial charge in [-0.25, -0.2) is 0 Å². The van der Waals surface area contributed by atoms with Gasteiger partial charge in [0.1, 0.15) is 24.0 Å². The Morgan fingerprint density at radius 2 is 2.11 bits per heavy atom. The predicted molar refractivity (Wildman–Crippen MR) is 137 cm³/mol. The highest BCUT2D eigenvalue weighted by molar-refractivity contribution is 7.09. The Kier molecular flexibility index (Phi) is 5.39. The number of thiophene rings is 1. The normalized spacial score (nSPS) is 16.3. The minimum atomic E-state index is -0.0871. The highest BCUT2D eigenvalue weighted by Gasteiger charge is 2.35. The number of fused-ring (bicyclic) bond motifs is 4. The van der Waals surface area contributed by atoms with Gasteiger partial charge in [0.15, 0.2) is 5.76 Å². The smallest absolute Gasteiger partial charge is 0.232 e. The molecule has 178 valence electrons. The van der Waals surface area contributed by atoms with E-state index in [1.165, 1.54) is 4.88 Å². The largest absolute Gasteiger partial charge is 0.497 e. The van der Waals surface area contributed by atoms with Crippen molar-refractivity contribution in [2.45, 2.75) is 33.5 Å². The number of aromatic nitrogens is 1. The number of ketones is 1. The van der Waals surface area contributed by atoms with Crippen molar-refractivity contribution in [2.75, 3.05) is 13.8 Å². The molecule has 6 rings (SSSR count). The number of allylic oxidation sites excluding steroid dienone is 1. The first-order valence-corrected chi connectivity index (χ1v) is 12.6. The number of ether oxygens (including phenoxy) is 3. The molecule has 0 atom stereocenters. The minimum absolute atomic E-state index is 0.0871. The summed E-state index contributed by atoms with van der Waals surface area (Å²) >= 11 is 1.73. The zero-order chi connectivity index (χ0) is 24.1. The molecule has 0 unspecified atom stereocenters. The van der Waals surface area contributed by atoms with Gasteiger partial charge in [-0.1, -0.05) is 6.07 Å². The van der Waals surface area contributed by atoms with Crippen molar-refractivity contribution in [2.24, 2.45) is 0 Å². The SMILES string of the molecule is CCn1cc(/C=C2\Oc3c4c(cc(C)c3C2=O)OCN(Cc2cccs2)C4)c2cc(OC)ccc21. The lowest BCUT2D eigenvalue weighted by Gasteiger charge is -2.29. The summed E-state index contributed by atoms with van der Waals surface area (Å²) in [5, 5.41) is 3.11. The Balaban J connectivity index is 1.38. The number of hydrogen-bond donors (Lipinski definition) is 0. The Labute approximate surface area is 207 Å². The van der Waals surface area contributed by atoms with Crippen molar-refractivity contribution in [1.82, 2.24) is 9.47 Å². The van der Waals surface area contributed by atoms with Crippen LogP contribution in [0.15, 0.2) is 53.7 Å². The fraction of sp³-hybridized carbons (Fsp3) is 0.250. The molecule has 2 aliphatic rings. The number of rotatable bonds is 5. The topological polar surface area (TPSA) is 52.9 Å². The number of carbonyl (C=O) groups excluding carboxylic acids is 1. The summed E-state index contributed by atoms with van der Waals surface area (Å²) in [6.07, 6.45) is 3.92. The maximum absolute atomic E-state index is 13.5. The Hall–Kier alpha value is -3.55. The highest BCUT2D eigenvalue weighted by Crippen LogP contribution is 2.44. The molecule has 7 heteroatoms. The minimum Gasteiger partial charge on any atom is -0.497 e. The second kappa shape index (κ2) is 8.59. The molecule has 0 radical (unpaired) electrons. The molecular formula is C28H26N2O4S. The lowest BCUT2D eigenvalue weighted by molar-refractivity contribution is 0.0881. The third-order valence-electron chi connectivity index (χ3n) is 6.69. The summed E-state index contributed by atoms with van der Waals surface area (Å²) in [5.74, 6) is 2.45. The molecular weight excluding hydrogens is 460 g/mol. The lowest BCUT2D eigenvalue weighted by Crippen LogP contribution is -2.31. The van der Waals surface area contributed by atoms with Crippen LogP contribution in [0.3, 0.4) is 0 Å². The molecule has 0 aliphatic carbocycles. The number of aryl methyl sites for hydroxylation is 2. The van der Waals surface area contributed by atoms with E-state index in [0.717, 1.165) is 52.2 Å². The van der Waals surface area contributed by atoms with E-state index in [0.29, 0.717) is 30.3 Å². The molecule has 35 heavy (non-hydrogen) atoms. The average molecular weight is 487 g/mol. The van der Waals surface area contributed by atoms with Crippen molar-refractivity contribution in [1.29, 1.82) is 0 Å². The second-order valence-electron chi connectivity index (χ2n) is 8.91. The maximum atomic E-state index is 13.5. The molecule has 0 spiro atoms. The van der Waals surface area contributed by atoms with Crippen molar-refractivity contribution >= 4 is 34.1 Å². The fourth-order valence-electron chi connectivity index (χ4n) is 4.95. The molecule has 2 aliphatic heterocycles. The summed E-state index contributed by atoms with van der Waals surface area (Å²) in [6, 6.07) is 12.2. The first-order chi connectivity index (χ1) is 17.1. The number of nitrogens with zero attached hydrogens (tertiary/aromatic N) is 2. The molecule has 2 aromatic carbocycles. The van der Waals surface area contributed by atoms with E-state index in [9.17, 15) is 4.79 Å². The van der Waals surface area contributed by atoms with Gasteiger partial charge in [0.2, 0.25) is 5.78 Å². The van der Waals surface area contributed by atoms with Gasteiger partial charge in [0.25, 0.3) is 0 Å². The van der Waals surface area contributed by atoms with Gasteiger partial charge >= 0.3 is 0 Å². The molecule has 4 aromatic rings. The zero-order valence-corrected chi connectivity index (χ0v) is 20.8. The standard InChI is InChI=1S/C28H26N2O4S/c1-4-30-13-18(21-12-19(32-3)7-8-23(21)30)11-25-27(31)26-17(2)10-24-22(28(26)34-25)15-29(16-33-24)14-20-6-5-9-35-20/h5-13H,4,14-16H2,1-3H3/b25-11-. The van der Waals surface area contributed by atoms with Crippen molar-refractivity contribution < 1.29 is 19.0 Å². The highest BCUT2D eigenvalue weighted by atomic mass is 32.1. The van der Waals surface area contributed by atoms with Gasteiger partial charge in [0, 0.05) is 47.2 Å². The van der Waals surface area contributed by atoms with Crippen LogP contribution in [0.2, 0.25) is 0 Å². The van der Waals surface area contributed by atoms with Crippen LogP contribution in [0.25, 0.3) is 17.0 Å². The third kappa shape index (κ3) is 3.72. The first kappa shape index (κ1) is 21.9. The van der Waals surface area contributed by atoms with Crippen LogP contribution in [0.5, 0.6) is 17.2 Å². The van der Waals surface area contributed by atoms with Crippen LogP contribution in [-0.4, -0.2) is 29.1 Å². The summed E-state index contributed by atoms with van der Waals surface area (Å²) in [7, 11) is 1.66. The predicted octanol–water partition coefficient (Wildman–Crippen LogP) is 6.01. The molecule has 2 aromatic heterocycles. The van der Waals surface area contributed by atoms with Crippen molar-refractivity contribution in [3.8, 4) is 17.2 Å². The zero-order valence-electron chi connectivity index (χ0n) is 20.0. The second-order valence-corrected chi connectivity index (χ2v) is 9.94. The van der Waals surface area contributed by atoms with Crippen molar-refractivity contribution in [3.05, 3.63) is 80.9 Å². The van der Waals surface area contributed by atoms with E-state index in [4.69, 9.17) is 14.2 Å². The van der Waals surface area contributed by atoms with Crippen LogP contribution in [-0.2, 0) is 19.6 Å². The van der Waals surface area contributed by atoms with E-state index in [-0.39, 0.29) is 5.78 Å². The number of benzene rings is 2. The Morgan fingerprint density at radius 1 is 1.23 bits per heavy atom. The van der Waals surface area contributed by atoms with E-state index in [1.54, 1.807) is 18.4 Å². The summed E-state index contributed by atoms with van der Waals surface area (Å²) < 4.78 is 20.0. The summed E-state index contributed by atoms with van der Waals surface area (Å²) in [6.45, 7) is 6.85. The van der Waals surface area contributed by atoms with Gasteiger partial charge in [-0.15, -0.1) is 11.3 Å². The number of Topliss-reactive ketones (excluding diaryl/α,β-unsaturated/α-hetero) is 1. The quantitative estimate of drug-likeness (QED) is 0.324. The molecule has 0 saturated heterocycles. The van der Waals surface area contributed by atoms with E-state index in [1.807, 2.05) is 37.3 Å². The van der Waals surface area contributed by atoms with E-state index < -0.39 is 0 Å². The summed E-state index contributed by atoms with van der Waals surface area (Å²) in [4.78, 5) is 17.0. The molecule has 0 amide bonds. The molecule has 0 fully saturated rings. The van der Waals surface area contributed by atoms with Gasteiger partial charge in [-0.2, -0.15) is 0 Å². The number of carbonyl (C=O) groups is 1. The molecule has 4 heterocycles. The van der Waals surface area contributed by atoms with Crippen LogP contribution in [0, 0.1) is 6.92 Å². The number of hydrogen-bond acceptors (Lipinski definition) is 6. The number of methoxy groups -OCH3 is 1. The maximum Gasteiger partial charge on any atom is 0.232 e. The molecule has 6 nitrogen and oxygen atoms in total. The third-order valence-corrected chi connectivity index (χ3v) is 7.55. The average Bonchev–Trinajstić information content (AvgIpc) is 3.58. The van der Waals surface area contributed by atoms with Gasteiger partial charge in [-0.3, -0.25) is 9.69 Å². The van der Waals surface area contributed by atoms with E-state index in [2.05, 4.69) is 40.1 Å². The van der Waals surface area contributed by atoms with Gasteiger partial charge < -0.3 is 18.8 Å². The monoisotopic (exact) mass is 486 g/mol. The van der Waals surface area contributed by atoms with E-state index >= 15 is 0 Å². The Morgan fingerprint density at radius 3 is 2.89 bits per heavy atom.